The fourth-order valence-electron chi connectivity index (χ4n) is 1.61. The first-order chi connectivity index (χ1) is 9.40. The maximum absolute atomic E-state index is 11.0. The Kier molecular flexibility index (Phi) is 3.85. The fourth-order valence-corrected chi connectivity index (χ4v) is 1.79. The monoisotopic (exact) mass is 293 g/mol. The Morgan fingerprint density at radius 2 is 1.90 bits per heavy atom. The minimum absolute atomic E-state index is 0.112. The molecule has 1 aromatic heterocycles. The molecule has 0 fully saturated rings. The van der Waals surface area contributed by atoms with Crippen LogP contribution in [0.5, 0.6) is 11.6 Å². The Hall–Kier alpha value is -2.21. The van der Waals surface area contributed by atoms with Gasteiger partial charge in [-0.1, -0.05) is 17.7 Å². The van der Waals surface area contributed by atoms with Crippen LogP contribution in [0.1, 0.15) is 16.7 Å². The first kappa shape index (κ1) is 14.2. The lowest BCUT2D eigenvalue weighted by Crippen LogP contribution is -2.00. The summed E-state index contributed by atoms with van der Waals surface area (Å²) < 4.78 is 5.52. The number of rotatable bonds is 3. The highest BCUT2D eigenvalue weighted by Gasteiger charge is 2.18. The molecule has 0 bridgehead atoms. The molecule has 0 radical (unpaired) electrons. The van der Waals surface area contributed by atoms with Crippen LogP contribution in [0, 0.1) is 30.9 Å². The fraction of sp³-hybridized carbons (Fsp3) is 0.231. The first-order valence-electron chi connectivity index (χ1n) is 5.82. The quantitative estimate of drug-likeness (QED) is 0.636. The summed E-state index contributed by atoms with van der Waals surface area (Å²) in [5.74, 6) is 0.332. The van der Waals surface area contributed by atoms with Crippen molar-refractivity contribution in [2.45, 2.75) is 20.8 Å². The normalized spacial score (nSPS) is 10.4. The molecule has 0 saturated carbocycles. The topological polar surface area (TPSA) is 78.2 Å². The lowest BCUT2D eigenvalue weighted by atomic mass is 10.2. The van der Waals surface area contributed by atoms with Crippen molar-refractivity contribution in [1.82, 2.24) is 10.2 Å². The van der Waals surface area contributed by atoms with Gasteiger partial charge in [-0.05, 0) is 38.0 Å². The number of benzene rings is 1. The molecule has 0 aliphatic carbocycles. The standard InChI is InChI=1S/C13H12ClN3O3/c1-7-4-5-11(10(6-7)17(18)19)20-13-9(3)8(2)12(14)15-16-13/h4-6H,1-3H3. The zero-order chi connectivity index (χ0) is 14.9. The van der Waals surface area contributed by atoms with Crippen LogP contribution in [0.3, 0.4) is 0 Å². The summed E-state index contributed by atoms with van der Waals surface area (Å²) >= 11 is 5.85. The van der Waals surface area contributed by atoms with Gasteiger partial charge in [0.25, 0.3) is 0 Å². The summed E-state index contributed by atoms with van der Waals surface area (Å²) in [5, 5.41) is 18.9. The maximum Gasteiger partial charge on any atom is 0.311 e. The number of nitrogens with zero attached hydrogens (tertiary/aromatic N) is 3. The lowest BCUT2D eigenvalue weighted by Gasteiger charge is -2.09. The third-order valence-electron chi connectivity index (χ3n) is 2.94. The van der Waals surface area contributed by atoms with Gasteiger partial charge in [0, 0.05) is 11.6 Å². The second-order valence-corrected chi connectivity index (χ2v) is 4.73. The van der Waals surface area contributed by atoms with Crippen molar-refractivity contribution in [3.05, 3.63) is 50.2 Å². The van der Waals surface area contributed by atoms with E-state index in [-0.39, 0.29) is 22.5 Å². The molecule has 0 N–H and O–H groups in total. The van der Waals surface area contributed by atoms with Gasteiger partial charge < -0.3 is 4.74 Å². The molecule has 20 heavy (non-hydrogen) atoms. The second-order valence-electron chi connectivity index (χ2n) is 4.38. The predicted molar refractivity (Wildman–Crippen MR) is 74.4 cm³/mol. The minimum Gasteiger partial charge on any atom is -0.430 e. The predicted octanol–water partition coefficient (Wildman–Crippen LogP) is 3.76. The molecule has 0 saturated heterocycles. The molecule has 2 rings (SSSR count). The van der Waals surface area contributed by atoms with E-state index in [1.165, 1.54) is 6.07 Å². The molecule has 0 amide bonds. The van der Waals surface area contributed by atoms with Gasteiger partial charge in [0.2, 0.25) is 11.6 Å². The van der Waals surface area contributed by atoms with Crippen molar-refractivity contribution in [2.75, 3.05) is 0 Å². The van der Waals surface area contributed by atoms with Crippen LogP contribution in [0.2, 0.25) is 5.15 Å². The lowest BCUT2D eigenvalue weighted by molar-refractivity contribution is -0.385. The smallest absolute Gasteiger partial charge is 0.311 e. The van der Waals surface area contributed by atoms with Gasteiger partial charge in [0.15, 0.2) is 5.15 Å². The summed E-state index contributed by atoms with van der Waals surface area (Å²) in [6.07, 6.45) is 0. The number of hydrogen-bond acceptors (Lipinski definition) is 5. The summed E-state index contributed by atoms with van der Waals surface area (Å²) in [6, 6.07) is 4.72. The summed E-state index contributed by atoms with van der Waals surface area (Å²) in [5.41, 5.74) is 2.09. The van der Waals surface area contributed by atoms with Gasteiger partial charge in [0.1, 0.15) is 0 Å². The van der Waals surface area contributed by atoms with Crippen LogP contribution in [-0.2, 0) is 0 Å². The molecule has 0 atom stereocenters. The van der Waals surface area contributed by atoms with Crippen LogP contribution in [0.25, 0.3) is 0 Å². The largest absolute Gasteiger partial charge is 0.430 e. The molecular formula is C13H12ClN3O3. The highest BCUT2D eigenvalue weighted by Crippen LogP contribution is 2.33. The van der Waals surface area contributed by atoms with Crippen molar-refractivity contribution in [3.63, 3.8) is 0 Å². The number of nitro groups is 1. The molecule has 0 aliphatic rings. The van der Waals surface area contributed by atoms with Crippen molar-refractivity contribution >= 4 is 17.3 Å². The molecule has 2 aromatic rings. The Labute approximate surface area is 120 Å². The Bertz CT molecular complexity index is 689. The van der Waals surface area contributed by atoms with Crippen LogP contribution in [-0.4, -0.2) is 15.1 Å². The number of hydrogen-bond donors (Lipinski definition) is 0. The van der Waals surface area contributed by atoms with E-state index in [4.69, 9.17) is 16.3 Å². The number of halogens is 1. The van der Waals surface area contributed by atoms with Gasteiger partial charge in [-0.15, -0.1) is 10.2 Å². The van der Waals surface area contributed by atoms with E-state index in [1.54, 1.807) is 32.9 Å². The average molecular weight is 294 g/mol. The molecular weight excluding hydrogens is 282 g/mol. The van der Waals surface area contributed by atoms with Crippen LogP contribution in [0.4, 0.5) is 5.69 Å². The molecule has 104 valence electrons. The van der Waals surface area contributed by atoms with E-state index < -0.39 is 4.92 Å². The summed E-state index contributed by atoms with van der Waals surface area (Å²) in [4.78, 5) is 10.5. The van der Waals surface area contributed by atoms with Gasteiger partial charge in [-0.2, -0.15) is 0 Å². The van der Waals surface area contributed by atoms with E-state index in [0.717, 1.165) is 11.1 Å². The zero-order valence-corrected chi connectivity index (χ0v) is 11.9. The summed E-state index contributed by atoms with van der Waals surface area (Å²) in [7, 11) is 0. The maximum atomic E-state index is 11.0. The molecule has 0 unspecified atom stereocenters. The molecule has 1 heterocycles. The highest BCUT2D eigenvalue weighted by atomic mass is 35.5. The second kappa shape index (κ2) is 5.42. The third kappa shape index (κ3) is 2.70. The Morgan fingerprint density at radius 3 is 2.55 bits per heavy atom. The molecule has 7 heteroatoms. The van der Waals surface area contributed by atoms with Gasteiger partial charge in [0.05, 0.1) is 4.92 Å². The molecule has 6 nitrogen and oxygen atoms in total. The van der Waals surface area contributed by atoms with Crippen molar-refractivity contribution in [2.24, 2.45) is 0 Å². The van der Waals surface area contributed by atoms with Crippen molar-refractivity contribution in [1.29, 1.82) is 0 Å². The highest BCUT2D eigenvalue weighted by molar-refractivity contribution is 6.30. The molecule has 0 aliphatic heterocycles. The summed E-state index contributed by atoms with van der Waals surface area (Å²) in [6.45, 7) is 5.32. The Morgan fingerprint density at radius 1 is 1.20 bits per heavy atom. The minimum atomic E-state index is -0.492. The van der Waals surface area contributed by atoms with Crippen molar-refractivity contribution in [3.8, 4) is 11.6 Å². The van der Waals surface area contributed by atoms with E-state index in [9.17, 15) is 10.1 Å². The van der Waals surface area contributed by atoms with E-state index in [2.05, 4.69) is 10.2 Å². The van der Waals surface area contributed by atoms with E-state index in [0.29, 0.717) is 5.56 Å². The van der Waals surface area contributed by atoms with Gasteiger partial charge in [-0.3, -0.25) is 10.1 Å². The molecule has 0 spiro atoms. The van der Waals surface area contributed by atoms with Gasteiger partial charge in [-0.25, -0.2) is 0 Å². The van der Waals surface area contributed by atoms with Gasteiger partial charge >= 0.3 is 5.69 Å². The third-order valence-corrected chi connectivity index (χ3v) is 3.30. The number of aryl methyl sites for hydroxylation is 1. The number of aromatic nitrogens is 2. The number of nitro benzene ring substituents is 1. The number of ether oxygens (including phenoxy) is 1. The molecule has 1 aromatic carbocycles. The zero-order valence-electron chi connectivity index (χ0n) is 11.2. The van der Waals surface area contributed by atoms with Crippen molar-refractivity contribution < 1.29 is 9.66 Å². The average Bonchev–Trinajstić information content (AvgIpc) is 2.41. The van der Waals surface area contributed by atoms with Crippen LogP contribution in [0.15, 0.2) is 18.2 Å². The van der Waals surface area contributed by atoms with Crippen LogP contribution < -0.4 is 4.74 Å². The SMILES string of the molecule is Cc1ccc(Oc2nnc(Cl)c(C)c2C)c([N+](=O)[O-])c1. The first-order valence-corrected chi connectivity index (χ1v) is 6.20. The van der Waals surface area contributed by atoms with E-state index >= 15 is 0 Å². The van der Waals surface area contributed by atoms with E-state index in [1.807, 2.05) is 0 Å². The van der Waals surface area contributed by atoms with Crippen LogP contribution >= 0.6 is 11.6 Å². The Balaban J connectivity index is 2.45.